The SMILES string of the molecule is COc1ncc(-c2cnn(C)c2)c2sc(NC(=O)N3CCC4(CCNC4=O)CC3)nc12. The molecule has 2 saturated heterocycles. The molecule has 0 saturated carbocycles. The Morgan fingerprint density at radius 2 is 2.10 bits per heavy atom. The number of carbonyl (C=O) groups is 2. The molecule has 0 aliphatic carbocycles. The summed E-state index contributed by atoms with van der Waals surface area (Å²) in [5, 5.41) is 10.5. The summed E-state index contributed by atoms with van der Waals surface area (Å²) in [6.45, 7) is 1.83. The molecule has 3 aromatic rings. The fourth-order valence-electron chi connectivity index (χ4n) is 4.36. The van der Waals surface area contributed by atoms with Crippen molar-refractivity contribution in [1.29, 1.82) is 0 Å². The first-order valence-corrected chi connectivity index (χ1v) is 11.0. The van der Waals surface area contributed by atoms with E-state index in [-0.39, 0.29) is 17.4 Å². The normalized spacial score (nSPS) is 17.9. The molecule has 0 unspecified atom stereocenters. The van der Waals surface area contributed by atoms with E-state index in [1.54, 1.807) is 29.1 Å². The highest BCUT2D eigenvalue weighted by Crippen LogP contribution is 2.40. The zero-order chi connectivity index (χ0) is 21.6. The average molecular weight is 442 g/mol. The number of anilines is 1. The van der Waals surface area contributed by atoms with Gasteiger partial charge in [-0.3, -0.25) is 14.8 Å². The van der Waals surface area contributed by atoms with Gasteiger partial charge in [-0.25, -0.2) is 14.8 Å². The van der Waals surface area contributed by atoms with Crippen LogP contribution < -0.4 is 15.4 Å². The summed E-state index contributed by atoms with van der Waals surface area (Å²) in [5.41, 5.74) is 2.10. The molecule has 0 bridgehead atoms. The standard InChI is InChI=1S/C20H23N7O3S/c1-26-11-12(9-23-26)13-10-22-16(30-2)14-15(13)31-18(24-14)25-19(29)27-7-4-20(5-8-27)3-6-21-17(20)28/h9-11H,3-8H2,1-2H3,(H,21,28)(H,24,25,29). The minimum atomic E-state index is -0.301. The number of aromatic nitrogens is 4. The quantitative estimate of drug-likeness (QED) is 0.644. The number of urea groups is 1. The van der Waals surface area contributed by atoms with Gasteiger partial charge in [0.2, 0.25) is 11.8 Å². The van der Waals surface area contributed by atoms with E-state index in [4.69, 9.17) is 4.74 Å². The zero-order valence-electron chi connectivity index (χ0n) is 17.3. The summed E-state index contributed by atoms with van der Waals surface area (Å²) in [6, 6.07) is -0.206. The van der Waals surface area contributed by atoms with Gasteiger partial charge in [-0.1, -0.05) is 11.3 Å². The second-order valence-electron chi connectivity index (χ2n) is 7.98. The lowest BCUT2D eigenvalue weighted by Gasteiger charge is -2.37. The van der Waals surface area contributed by atoms with Crippen LogP contribution in [0.1, 0.15) is 19.3 Å². The number of methoxy groups -OCH3 is 1. The van der Waals surface area contributed by atoms with Crippen LogP contribution in [0.5, 0.6) is 5.88 Å². The lowest BCUT2D eigenvalue weighted by molar-refractivity contribution is -0.129. The predicted octanol–water partition coefficient (Wildman–Crippen LogP) is 2.23. The molecule has 1 spiro atoms. The van der Waals surface area contributed by atoms with Gasteiger partial charge in [0, 0.05) is 50.2 Å². The van der Waals surface area contributed by atoms with Crippen molar-refractivity contribution in [3.05, 3.63) is 18.6 Å². The summed E-state index contributed by atoms with van der Waals surface area (Å²) in [4.78, 5) is 35.7. The first-order valence-electron chi connectivity index (χ1n) is 10.2. The number of piperidine rings is 1. The molecule has 0 atom stereocenters. The molecule has 2 aliphatic heterocycles. The van der Waals surface area contributed by atoms with E-state index in [1.165, 1.54) is 11.3 Å². The fourth-order valence-corrected chi connectivity index (χ4v) is 5.34. The molecule has 2 fully saturated rings. The summed E-state index contributed by atoms with van der Waals surface area (Å²) in [7, 11) is 3.40. The minimum absolute atomic E-state index is 0.126. The largest absolute Gasteiger partial charge is 0.479 e. The number of likely N-dealkylation sites (tertiary alicyclic amines) is 1. The fraction of sp³-hybridized carbons (Fsp3) is 0.450. The van der Waals surface area contributed by atoms with Crippen molar-refractivity contribution < 1.29 is 14.3 Å². The second-order valence-corrected chi connectivity index (χ2v) is 8.98. The molecule has 2 aliphatic rings. The highest BCUT2D eigenvalue weighted by molar-refractivity contribution is 7.23. The molecular formula is C20H23N7O3S. The van der Waals surface area contributed by atoms with Crippen LogP contribution in [0.15, 0.2) is 18.6 Å². The number of hydrogen-bond acceptors (Lipinski definition) is 7. The van der Waals surface area contributed by atoms with Crippen molar-refractivity contribution in [2.75, 3.05) is 32.1 Å². The number of pyridine rings is 1. The van der Waals surface area contributed by atoms with Crippen molar-refractivity contribution in [3.8, 4) is 17.0 Å². The van der Waals surface area contributed by atoms with Crippen molar-refractivity contribution in [3.63, 3.8) is 0 Å². The van der Waals surface area contributed by atoms with Crippen LogP contribution in [0.3, 0.4) is 0 Å². The number of fused-ring (bicyclic) bond motifs is 1. The summed E-state index contributed by atoms with van der Waals surface area (Å²) in [5.74, 6) is 0.535. The number of aryl methyl sites for hydroxylation is 1. The van der Waals surface area contributed by atoms with Gasteiger partial charge in [0.15, 0.2) is 5.13 Å². The number of rotatable bonds is 3. The Labute approximate surface area is 182 Å². The van der Waals surface area contributed by atoms with E-state index in [0.29, 0.717) is 42.5 Å². The van der Waals surface area contributed by atoms with E-state index in [9.17, 15) is 9.59 Å². The molecule has 10 nitrogen and oxygen atoms in total. The number of nitrogens with one attached hydrogen (secondary N) is 2. The first kappa shape index (κ1) is 19.7. The van der Waals surface area contributed by atoms with Gasteiger partial charge in [0.05, 0.1) is 23.4 Å². The van der Waals surface area contributed by atoms with Crippen molar-refractivity contribution in [1.82, 2.24) is 30.0 Å². The molecule has 5 rings (SSSR count). The predicted molar refractivity (Wildman–Crippen MR) is 116 cm³/mol. The van der Waals surface area contributed by atoms with Gasteiger partial charge >= 0.3 is 6.03 Å². The van der Waals surface area contributed by atoms with Gasteiger partial charge < -0.3 is 15.0 Å². The number of nitrogens with zero attached hydrogens (tertiary/aromatic N) is 5. The van der Waals surface area contributed by atoms with Crippen molar-refractivity contribution >= 4 is 38.6 Å². The Morgan fingerprint density at radius 1 is 1.29 bits per heavy atom. The number of ether oxygens (including phenoxy) is 1. The summed E-state index contributed by atoms with van der Waals surface area (Å²) >= 11 is 1.38. The maximum absolute atomic E-state index is 12.9. The first-order chi connectivity index (χ1) is 15.0. The lowest BCUT2D eigenvalue weighted by atomic mass is 9.77. The monoisotopic (exact) mass is 441 g/mol. The molecule has 11 heteroatoms. The van der Waals surface area contributed by atoms with Crippen LogP contribution in [0.25, 0.3) is 21.3 Å². The lowest BCUT2D eigenvalue weighted by Crippen LogP contribution is -2.47. The number of hydrogen-bond donors (Lipinski definition) is 2. The van der Waals surface area contributed by atoms with Crippen LogP contribution in [0, 0.1) is 5.41 Å². The number of thiazole rings is 1. The minimum Gasteiger partial charge on any atom is -0.479 e. The third-order valence-electron chi connectivity index (χ3n) is 6.19. The Morgan fingerprint density at radius 3 is 2.74 bits per heavy atom. The molecular weight excluding hydrogens is 418 g/mol. The number of amides is 3. The third-order valence-corrected chi connectivity index (χ3v) is 7.19. The van der Waals surface area contributed by atoms with Crippen molar-refractivity contribution in [2.24, 2.45) is 12.5 Å². The maximum Gasteiger partial charge on any atom is 0.323 e. The zero-order valence-corrected chi connectivity index (χ0v) is 18.2. The van der Waals surface area contributed by atoms with Crippen LogP contribution >= 0.6 is 11.3 Å². The Hall–Kier alpha value is -3.21. The molecule has 0 aromatic carbocycles. The molecule has 3 aromatic heterocycles. The molecule has 0 radical (unpaired) electrons. The van der Waals surface area contributed by atoms with Gasteiger partial charge in [0.1, 0.15) is 5.52 Å². The third kappa shape index (κ3) is 3.38. The van der Waals surface area contributed by atoms with Crippen LogP contribution in [0.4, 0.5) is 9.93 Å². The topological polar surface area (TPSA) is 114 Å². The average Bonchev–Trinajstić information content (AvgIpc) is 3.47. The van der Waals surface area contributed by atoms with Crippen LogP contribution in [-0.2, 0) is 11.8 Å². The summed E-state index contributed by atoms with van der Waals surface area (Å²) in [6.07, 6.45) is 7.64. The number of carbonyl (C=O) groups excluding carboxylic acids is 2. The van der Waals surface area contributed by atoms with Gasteiger partial charge in [-0.2, -0.15) is 5.10 Å². The van der Waals surface area contributed by atoms with Crippen LogP contribution in [0.2, 0.25) is 0 Å². The smallest absolute Gasteiger partial charge is 0.323 e. The molecule has 31 heavy (non-hydrogen) atoms. The molecule has 5 heterocycles. The van der Waals surface area contributed by atoms with E-state index in [1.807, 2.05) is 13.2 Å². The van der Waals surface area contributed by atoms with E-state index < -0.39 is 0 Å². The van der Waals surface area contributed by atoms with E-state index in [2.05, 4.69) is 25.7 Å². The Balaban J connectivity index is 1.37. The van der Waals surface area contributed by atoms with E-state index >= 15 is 0 Å². The Bertz CT molecular complexity index is 1160. The Kier molecular flexibility index (Phi) is 4.77. The van der Waals surface area contributed by atoms with Crippen LogP contribution in [-0.4, -0.2) is 63.3 Å². The van der Waals surface area contributed by atoms with Gasteiger partial charge in [0.25, 0.3) is 0 Å². The molecule has 2 N–H and O–H groups in total. The molecule has 162 valence electrons. The second kappa shape index (κ2) is 7.49. The van der Waals surface area contributed by atoms with Gasteiger partial charge in [-0.05, 0) is 19.3 Å². The van der Waals surface area contributed by atoms with Crippen molar-refractivity contribution in [2.45, 2.75) is 19.3 Å². The highest BCUT2D eigenvalue weighted by Gasteiger charge is 2.45. The molecule has 3 amide bonds. The highest BCUT2D eigenvalue weighted by atomic mass is 32.1. The van der Waals surface area contributed by atoms with Gasteiger partial charge in [-0.15, -0.1) is 0 Å². The summed E-state index contributed by atoms with van der Waals surface area (Å²) < 4.78 is 7.97. The maximum atomic E-state index is 12.9. The van der Waals surface area contributed by atoms with E-state index in [0.717, 1.165) is 28.8 Å².